The van der Waals surface area contributed by atoms with Crippen LogP contribution < -0.4 is 0 Å². The molecule has 0 bridgehead atoms. The number of hydrogen-bond donors (Lipinski definition) is 0. The van der Waals surface area contributed by atoms with Gasteiger partial charge in [0.15, 0.2) is 0 Å². The predicted octanol–water partition coefficient (Wildman–Crippen LogP) is 1.66. The van der Waals surface area contributed by atoms with Gasteiger partial charge in [-0.25, -0.2) is 0 Å². The average Bonchev–Trinajstić information content (AvgIpc) is 2.77. The molecule has 0 radical (unpaired) electrons. The van der Waals surface area contributed by atoms with Crippen molar-refractivity contribution in [3.05, 3.63) is 30.0 Å². The summed E-state index contributed by atoms with van der Waals surface area (Å²) in [5, 5.41) is 5.74. The van der Waals surface area contributed by atoms with E-state index in [4.69, 9.17) is 0 Å². The van der Waals surface area contributed by atoms with Crippen molar-refractivity contribution in [1.29, 1.82) is 0 Å². The number of carbonyl (C=O) groups is 1. The van der Waals surface area contributed by atoms with E-state index in [2.05, 4.69) is 28.9 Å². The maximum atomic E-state index is 11.2. The van der Waals surface area contributed by atoms with Crippen LogP contribution in [0.3, 0.4) is 0 Å². The maximum Gasteiger partial charge on any atom is 0.319 e. The Labute approximate surface area is 112 Å². The monoisotopic (exact) mass is 261 g/mol. The topological polar surface area (TPSA) is 47.4 Å². The van der Waals surface area contributed by atoms with E-state index in [0.29, 0.717) is 6.54 Å². The highest BCUT2D eigenvalue weighted by molar-refractivity contribution is 5.82. The molecule has 0 spiro atoms. The first-order valence-corrected chi connectivity index (χ1v) is 6.35. The third kappa shape index (κ3) is 2.93. The zero-order valence-electron chi connectivity index (χ0n) is 11.6. The number of aromatic nitrogens is 2. The lowest BCUT2D eigenvalue weighted by Crippen LogP contribution is -2.26. The van der Waals surface area contributed by atoms with Gasteiger partial charge in [-0.15, -0.1) is 0 Å². The van der Waals surface area contributed by atoms with Crippen molar-refractivity contribution in [1.82, 2.24) is 14.7 Å². The summed E-state index contributed by atoms with van der Waals surface area (Å²) in [6, 6.07) is 8.15. The molecule has 0 unspecified atom stereocenters. The van der Waals surface area contributed by atoms with Gasteiger partial charge in [0.05, 0.1) is 24.9 Å². The lowest BCUT2D eigenvalue weighted by Gasteiger charge is -2.13. The Morgan fingerprint density at radius 2 is 2.16 bits per heavy atom. The highest BCUT2D eigenvalue weighted by Gasteiger charge is 2.13. The van der Waals surface area contributed by atoms with Gasteiger partial charge >= 0.3 is 5.97 Å². The van der Waals surface area contributed by atoms with E-state index in [-0.39, 0.29) is 12.5 Å². The zero-order valence-corrected chi connectivity index (χ0v) is 11.6. The molecule has 0 fully saturated rings. The van der Waals surface area contributed by atoms with Gasteiger partial charge < -0.3 is 4.74 Å². The largest absolute Gasteiger partial charge is 0.468 e. The Hall–Kier alpha value is -1.88. The number of ether oxygens (including phenoxy) is 1. The summed E-state index contributed by atoms with van der Waals surface area (Å²) < 4.78 is 6.65. The number of carbonyl (C=O) groups excluding carboxylic acids is 1. The van der Waals surface area contributed by atoms with Crippen LogP contribution in [0.4, 0.5) is 0 Å². The molecule has 0 N–H and O–H groups in total. The lowest BCUT2D eigenvalue weighted by molar-refractivity contribution is -0.141. The minimum Gasteiger partial charge on any atom is -0.468 e. The molecule has 1 aromatic heterocycles. The second kappa shape index (κ2) is 5.84. The van der Waals surface area contributed by atoms with Crippen LogP contribution >= 0.6 is 0 Å². The number of rotatable bonds is 5. The smallest absolute Gasteiger partial charge is 0.319 e. The van der Waals surface area contributed by atoms with Gasteiger partial charge in [-0.3, -0.25) is 14.4 Å². The van der Waals surface area contributed by atoms with Gasteiger partial charge in [0.2, 0.25) is 0 Å². The van der Waals surface area contributed by atoms with Gasteiger partial charge in [0.1, 0.15) is 0 Å². The van der Waals surface area contributed by atoms with E-state index >= 15 is 0 Å². The number of aryl methyl sites for hydroxylation is 1. The number of nitrogens with zero attached hydrogens (tertiary/aromatic N) is 3. The molecule has 1 aromatic carbocycles. The summed E-state index contributed by atoms with van der Waals surface area (Å²) >= 11 is 0. The zero-order chi connectivity index (χ0) is 13.8. The Morgan fingerprint density at radius 1 is 1.42 bits per heavy atom. The van der Waals surface area contributed by atoms with Crippen LogP contribution in [-0.2, 0) is 22.6 Å². The van der Waals surface area contributed by atoms with Crippen LogP contribution in [0.15, 0.2) is 24.3 Å². The summed E-state index contributed by atoms with van der Waals surface area (Å²) in [5.41, 5.74) is 2.12. The predicted molar refractivity (Wildman–Crippen MR) is 73.8 cm³/mol. The van der Waals surface area contributed by atoms with E-state index in [1.54, 1.807) is 0 Å². The van der Waals surface area contributed by atoms with Crippen LogP contribution in [0.1, 0.15) is 12.6 Å². The van der Waals surface area contributed by atoms with Crippen molar-refractivity contribution >= 4 is 16.9 Å². The molecule has 0 amide bonds. The van der Waals surface area contributed by atoms with E-state index in [1.807, 2.05) is 28.8 Å². The number of esters is 1. The van der Waals surface area contributed by atoms with Crippen molar-refractivity contribution in [3.8, 4) is 0 Å². The number of para-hydroxylation sites is 1. The molecule has 5 nitrogen and oxygen atoms in total. The van der Waals surface area contributed by atoms with Crippen LogP contribution in [0.2, 0.25) is 0 Å². The number of methoxy groups -OCH3 is 1. The SMILES string of the molecule is CCn1nc(CN(C)CC(=O)OC)c2ccccc21. The fourth-order valence-corrected chi connectivity index (χ4v) is 2.15. The molecule has 102 valence electrons. The highest BCUT2D eigenvalue weighted by atomic mass is 16.5. The van der Waals surface area contributed by atoms with Gasteiger partial charge in [-0.2, -0.15) is 5.10 Å². The van der Waals surface area contributed by atoms with Gasteiger partial charge in [-0.1, -0.05) is 18.2 Å². The first-order valence-electron chi connectivity index (χ1n) is 6.35. The van der Waals surface area contributed by atoms with Crippen LogP contribution in [0.5, 0.6) is 0 Å². The summed E-state index contributed by atoms with van der Waals surface area (Å²) in [6.07, 6.45) is 0. The van der Waals surface area contributed by atoms with Gasteiger partial charge in [-0.05, 0) is 20.0 Å². The second-order valence-electron chi connectivity index (χ2n) is 4.53. The number of hydrogen-bond acceptors (Lipinski definition) is 4. The molecule has 0 aliphatic heterocycles. The second-order valence-corrected chi connectivity index (χ2v) is 4.53. The molecular formula is C14H19N3O2. The highest BCUT2D eigenvalue weighted by Crippen LogP contribution is 2.19. The average molecular weight is 261 g/mol. The summed E-state index contributed by atoms with van der Waals surface area (Å²) in [5.74, 6) is -0.235. The van der Waals surface area contributed by atoms with Crippen molar-refractivity contribution in [2.45, 2.75) is 20.0 Å². The van der Waals surface area contributed by atoms with E-state index in [9.17, 15) is 4.79 Å². The standard InChI is InChI=1S/C14H19N3O2/c1-4-17-13-8-6-5-7-11(13)12(15-17)9-16(2)10-14(18)19-3/h5-8H,4,9-10H2,1-3H3. The first-order chi connectivity index (χ1) is 9.15. The molecule has 0 saturated carbocycles. The normalized spacial score (nSPS) is 11.2. The maximum absolute atomic E-state index is 11.2. The van der Waals surface area contributed by atoms with Crippen molar-refractivity contribution < 1.29 is 9.53 Å². The summed E-state index contributed by atoms with van der Waals surface area (Å²) in [4.78, 5) is 13.2. The summed E-state index contributed by atoms with van der Waals surface area (Å²) in [6.45, 7) is 3.80. The Balaban J connectivity index is 2.23. The van der Waals surface area contributed by atoms with Crippen LogP contribution in [-0.4, -0.2) is 41.4 Å². The van der Waals surface area contributed by atoms with Crippen molar-refractivity contribution in [2.75, 3.05) is 20.7 Å². The Kier molecular flexibility index (Phi) is 4.16. The quantitative estimate of drug-likeness (QED) is 0.768. The van der Waals surface area contributed by atoms with E-state index < -0.39 is 0 Å². The third-order valence-electron chi connectivity index (χ3n) is 3.08. The molecule has 2 rings (SSSR count). The molecular weight excluding hydrogens is 242 g/mol. The van der Waals surface area contributed by atoms with Crippen LogP contribution in [0, 0.1) is 0 Å². The van der Waals surface area contributed by atoms with Gasteiger partial charge in [0, 0.05) is 18.5 Å². The van der Waals surface area contributed by atoms with Crippen molar-refractivity contribution in [2.24, 2.45) is 0 Å². The van der Waals surface area contributed by atoms with Gasteiger partial charge in [0.25, 0.3) is 0 Å². The van der Waals surface area contributed by atoms with E-state index in [1.165, 1.54) is 7.11 Å². The Bertz CT molecular complexity index is 577. The van der Waals surface area contributed by atoms with Crippen LogP contribution in [0.25, 0.3) is 10.9 Å². The molecule has 0 atom stereocenters. The molecule has 0 aliphatic carbocycles. The fraction of sp³-hybridized carbons (Fsp3) is 0.429. The van der Waals surface area contributed by atoms with E-state index in [0.717, 1.165) is 23.1 Å². The molecule has 1 heterocycles. The Morgan fingerprint density at radius 3 is 2.84 bits per heavy atom. The number of likely N-dealkylation sites (N-methyl/N-ethyl adjacent to an activating group) is 1. The van der Waals surface area contributed by atoms with Crippen molar-refractivity contribution in [3.63, 3.8) is 0 Å². The molecule has 0 aliphatic rings. The minimum absolute atomic E-state index is 0.235. The third-order valence-corrected chi connectivity index (χ3v) is 3.08. The number of benzene rings is 1. The number of fused-ring (bicyclic) bond motifs is 1. The molecule has 19 heavy (non-hydrogen) atoms. The summed E-state index contributed by atoms with van der Waals surface area (Å²) in [7, 11) is 3.29. The lowest BCUT2D eigenvalue weighted by atomic mass is 10.2. The molecule has 2 aromatic rings. The molecule has 0 saturated heterocycles. The first kappa shape index (κ1) is 13.5. The minimum atomic E-state index is -0.235. The fourth-order valence-electron chi connectivity index (χ4n) is 2.15. The molecule has 5 heteroatoms.